The van der Waals surface area contributed by atoms with Gasteiger partial charge in [0.2, 0.25) is 0 Å². The van der Waals surface area contributed by atoms with E-state index in [1.165, 1.54) is 17.6 Å². The van der Waals surface area contributed by atoms with Gasteiger partial charge in [-0.1, -0.05) is 0 Å². The van der Waals surface area contributed by atoms with E-state index in [1.807, 2.05) is 6.07 Å². The number of nitrogens with one attached hydrogen (secondary N) is 1. The van der Waals surface area contributed by atoms with Crippen LogP contribution in [0.3, 0.4) is 0 Å². The lowest BCUT2D eigenvalue weighted by atomic mass is 9.93. The highest BCUT2D eigenvalue weighted by Crippen LogP contribution is 2.31. The summed E-state index contributed by atoms with van der Waals surface area (Å²) in [6.07, 6.45) is 5.49. The van der Waals surface area contributed by atoms with E-state index in [0.29, 0.717) is 12.5 Å². The van der Waals surface area contributed by atoms with Crippen LogP contribution in [-0.4, -0.2) is 13.1 Å². The van der Waals surface area contributed by atoms with Crippen LogP contribution in [0.5, 0.6) is 0 Å². The highest BCUT2D eigenvalue weighted by molar-refractivity contribution is 7.12. The first kappa shape index (κ1) is 14.4. The van der Waals surface area contributed by atoms with Crippen LogP contribution in [0.1, 0.15) is 40.0 Å². The molecule has 0 aromatic carbocycles. The van der Waals surface area contributed by atoms with Crippen molar-refractivity contribution in [2.75, 3.05) is 7.11 Å². The molecule has 1 unspecified atom stereocenters. The zero-order valence-electron chi connectivity index (χ0n) is 12.1. The number of esters is 1. The summed E-state index contributed by atoms with van der Waals surface area (Å²) >= 11 is 1.66. The van der Waals surface area contributed by atoms with Crippen molar-refractivity contribution in [2.24, 2.45) is 0 Å². The van der Waals surface area contributed by atoms with Crippen LogP contribution in [0, 0.1) is 0 Å². The number of methoxy groups -OCH3 is 1. The van der Waals surface area contributed by atoms with Gasteiger partial charge in [-0.3, -0.25) is 4.79 Å². The normalized spacial score (nSPS) is 17.5. The lowest BCUT2D eigenvalue weighted by Crippen LogP contribution is -2.23. The SMILES string of the molecule is COC(=O)Cc1ccc(CNC2CCCc3occc32)s1. The third kappa shape index (κ3) is 3.36. The highest BCUT2D eigenvalue weighted by atomic mass is 32.1. The first-order chi connectivity index (χ1) is 10.3. The lowest BCUT2D eigenvalue weighted by Gasteiger charge is -2.22. The van der Waals surface area contributed by atoms with Gasteiger partial charge >= 0.3 is 5.97 Å². The van der Waals surface area contributed by atoms with Gasteiger partial charge in [0, 0.05) is 34.3 Å². The van der Waals surface area contributed by atoms with Crippen molar-refractivity contribution in [3.05, 3.63) is 45.5 Å². The van der Waals surface area contributed by atoms with Crippen molar-refractivity contribution in [2.45, 2.75) is 38.3 Å². The van der Waals surface area contributed by atoms with Crippen molar-refractivity contribution in [3.8, 4) is 0 Å². The predicted molar refractivity (Wildman–Crippen MR) is 81.3 cm³/mol. The highest BCUT2D eigenvalue weighted by Gasteiger charge is 2.22. The van der Waals surface area contributed by atoms with Gasteiger partial charge in [-0.15, -0.1) is 11.3 Å². The molecule has 0 bridgehead atoms. The van der Waals surface area contributed by atoms with Gasteiger partial charge in [0.25, 0.3) is 0 Å². The summed E-state index contributed by atoms with van der Waals surface area (Å²) in [6, 6.07) is 6.53. The monoisotopic (exact) mass is 305 g/mol. The minimum absolute atomic E-state index is 0.188. The Bertz CT molecular complexity index is 617. The number of ether oxygens (including phenoxy) is 1. The molecular weight excluding hydrogens is 286 g/mol. The van der Waals surface area contributed by atoms with Crippen LogP contribution in [0.15, 0.2) is 28.9 Å². The van der Waals surface area contributed by atoms with Crippen molar-refractivity contribution in [1.29, 1.82) is 0 Å². The number of rotatable bonds is 5. The van der Waals surface area contributed by atoms with Gasteiger partial charge in [0.15, 0.2) is 0 Å². The molecule has 1 N–H and O–H groups in total. The molecule has 1 aliphatic rings. The Morgan fingerprint density at radius 1 is 1.43 bits per heavy atom. The smallest absolute Gasteiger partial charge is 0.310 e. The Kier molecular flexibility index (Phi) is 4.41. The number of fused-ring (bicyclic) bond motifs is 1. The number of hydrogen-bond acceptors (Lipinski definition) is 5. The Labute approximate surface area is 128 Å². The molecule has 0 radical (unpaired) electrons. The summed E-state index contributed by atoms with van der Waals surface area (Å²) in [6.45, 7) is 0.821. The number of hydrogen-bond donors (Lipinski definition) is 1. The second-order valence-electron chi connectivity index (χ2n) is 5.25. The van der Waals surface area contributed by atoms with E-state index in [0.717, 1.165) is 36.4 Å². The summed E-state index contributed by atoms with van der Waals surface area (Å²) < 4.78 is 10.2. The summed E-state index contributed by atoms with van der Waals surface area (Å²) in [5.74, 6) is 0.933. The molecule has 1 aliphatic carbocycles. The molecule has 2 heterocycles. The molecule has 21 heavy (non-hydrogen) atoms. The van der Waals surface area contributed by atoms with E-state index in [1.54, 1.807) is 17.6 Å². The van der Waals surface area contributed by atoms with Crippen LogP contribution in [0.2, 0.25) is 0 Å². The summed E-state index contributed by atoms with van der Waals surface area (Å²) in [7, 11) is 1.42. The average Bonchev–Trinajstić information content (AvgIpc) is 3.13. The van der Waals surface area contributed by atoms with E-state index < -0.39 is 0 Å². The van der Waals surface area contributed by atoms with E-state index in [2.05, 4.69) is 17.4 Å². The standard InChI is InChI=1S/C16H19NO3S/c1-19-16(18)9-11-5-6-12(21-11)10-17-14-3-2-4-15-13(14)7-8-20-15/h5-8,14,17H,2-4,9-10H2,1H3. The number of carbonyl (C=O) groups excluding carboxylic acids is 1. The van der Waals surface area contributed by atoms with Gasteiger partial charge in [-0.05, 0) is 31.0 Å². The number of thiophene rings is 1. The minimum atomic E-state index is -0.188. The van der Waals surface area contributed by atoms with Crippen molar-refractivity contribution < 1.29 is 13.9 Å². The summed E-state index contributed by atoms with van der Waals surface area (Å²) in [5, 5.41) is 3.60. The Morgan fingerprint density at radius 2 is 2.29 bits per heavy atom. The van der Waals surface area contributed by atoms with E-state index in [-0.39, 0.29) is 5.97 Å². The Hall–Kier alpha value is -1.59. The fourth-order valence-corrected chi connectivity index (χ4v) is 3.70. The van der Waals surface area contributed by atoms with Crippen LogP contribution >= 0.6 is 11.3 Å². The third-order valence-electron chi connectivity index (χ3n) is 3.84. The molecule has 0 saturated heterocycles. The molecule has 2 aromatic heterocycles. The lowest BCUT2D eigenvalue weighted by molar-refractivity contribution is -0.139. The maximum absolute atomic E-state index is 11.3. The molecular formula is C16H19NO3S. The van der Waals surface area contributed by atoms with Crippen LogP contribution < -0.4 is 5.32 Å². The first-order valence-corrected chi connectivity index (χ1v) is 8.02. The molecule has 3 rings (SSSR count). The molecule has 1 atom stereocenters. The Balaban J connectivity index is 1.58. The molecule has 0 fully saturated rings. The van der Waals surface area contributed by atoms with Crippen LogP contribution in [0.4, 0.5) is 0 Å². The molecule has 0 saturated carbocycles. The van der Waals surface area contributed by atoms with Gasteiger partial charge in [-0.25, -0.2) is 0 Å². The third-order valence-corrected chi connectivity index (χ3v) is 4.92. The number of furan rings is 1. The van der Waals surface area contributed by atoms with E-state index in [4.69, 9.17) is 9.15 Å². The predicted octanol–water partition coefficient (Wildman–Crippen LogP) is 3.22. The van der Waals surface area contributed by atoms with Crippen molar-refractivity contribution in [3.63, 3.8) is 0 Å². The zero-order chi connectivity index (χ0) is 14.7. The van der Waals surface area contributed by atoms with E-state index >= 15 is 0 Å². The van der Waals surface area contributed by atoms with Crippen LogP contribution in [0.25, 0.3) is 0 Å². The number of aryl methyl sites for hydroxylation is 1. The first-order valence-electron chi connectivity index (χ1n) is 7.20. The van der Waals surface area contributed by atoms with Gasteiger partial charge in [0.05, 0.1) is 19.8 Å². The fraction of sp³-hybridized carbons (Fsp3) is 0.438. The molecule has 2 aromatic rings. The molecule has 4 nitrogen and oxygen atoms in total. The molecule has 112 valence electrons. The largest absolute Gasteiger partial charge is 0.469 e. The fourth-order valence-electron chi connectivity index (χ4n) is 2.75. The van der Waals surface area contributed by atoms with Gasteiger partial charge < -0.3 is 14.5 Å². The quantitative estimate of drug-likeness (QED) is 0.862. The van der Waals surface area contributed by atoms with Crippen LogP contribution in [-0.2, 0) is 28.9 Å². The van der Waals surface area contributed by atoms with E-state index in [9.17, 15) is 4.79 Å². The molecule has 0 spiro atoms. The number of carbonyl (C=O) groups is 1. The summed E-state index contributed by atoms with van der Waals surface area (Å²) in [4.78, 5) is 13.5. The zero-order valence-corrected chi connectivity index (χ0v) is 12.9. The maximum Gasteiger partial charge on any atom is 0.310 e. The molecule has 0 amide bonds. The average molecular weight is 305 g/mol. The van der Waals surface area contributed by atoms with Gasteiger partial charge in [0.1, 0.15) is 5.76 Å². The second kappa shape index (κ2) is 6.45. The molecule has 5 heteroatoms. The van der Waals surface area contributed by atoms with Crippen molar-refractivity contribution >= 4 is 17.3 Å². The second-order valence-corrected chi connectivity index (χ2v) is 6.50. The summed E-state index contributed by atoms with van der Waals surface area (Å²) in [5.41, 5.74) is 1.30. The molecule has 0 aliphatic heterocycles. The topological polar surface area (TPSA) is 51.5 Å². The van der Waals surface area contributed by atoms with Gasteiger partial charge in [-0.2, -0.15) is 0 Å². The minimum Gasteiger partial charge on any atom is -0.469 e. The van der Waals surface area contributed by atoms with Crippen molar-refractivity contribution in [1.82, 2.24) is 5.32 Å². The maximum atomic E-state index is 11.3. The Morgan fingerprint density at radius 3 is 3.14 bits per heavy atom.